The van der Waals surface area contributed by atoms with Crippen molar-refractivity contribution in [2.24, 2.45) is 7.05 Å². The number of aryl methyl sites for hydroxylation is 2. The second kappa shape index (κ2) is 9.30. The Morgan fingerprint density at radius 3 is 2.56 bits per heavy atom. The summed E-state index contributed by atoms with van der Waals surface area (Å²) in [4.78, 5) is 21.9. The molecule has 0 atom stereocenters. The molecule has 0 spiro atoms. The standard InChI is InChI=1S/C19H25N5OS.ClH/c1-5-23(6-2)11-12-24(18(25)16-9-10-22(4)21-16)19-20-15-8-7-14(3)13-17(15)26-19;/h7-10,13H,5-6,11-12H2,1-4H3;1H. The number of rotatable bonds is 7. The van der Waals surface area contributed by atoms with Crippen molar-refractivity contribution in [1.29, 1.82) is 0 Å². The van der Waals surface area contributed by atoms with Crippen LogP contribution in [0.15, 0.2) is 30.5 Å². The van der Waals surface area contributed by atoms with Crippen molar-refractivity contribution in [3.8, 4) is 0 Å². The van der Waals surface area contributed by atoms with Crippen molar-refractivity contribution < 1.29 is 4.79 Å². The minimum atomic E-state index is -0.103. The third-order valence-corrected chi connectivity index (χ3v) is 5.52. The molecule has 0 unspecified atom stereocenters. The van der Waals surface area contributed by atoms with Gasteiger partial charge in [0.1, 0.15) is 0 Å². The van der Waals surface area contributed by atoms with Gasteiger partial charge in [-0.15, -0.1) is 12.4 Å². The average Bonchev–Trinajstić information content (AvgIpc) is 3.24. The molecule has 0 saturated carbocycles. The number of benzene rings is 1. The minimum Gasteiger partial charge on any atom is -0.302 e. The highest BCUT2D eigenvalue weighted by molar-refractivity contribution is 7.22. The summed E-state index contributed by atoms with van der Waals surface area (Å²) in [6, 6.07) is 7.93. The van der Waals surface area contributed by atoms with Crippen LogP contribution in [-0.2, 0) is 7.05 Å². The lowest BCUT2D eigenvalue weighted by Gasteiger charge is -2.24. The summed E-state index contributed by atoms with van der Waals surface area (Å²) in [5, 5.41) is 5.01. The van der Waals surface area contributed by atoms with Gasteiger partial charge < -0.3 is 4.90 Å². The molecule has 0 aliphatic heterocycles. The Hall–Kier alpha value is -1.96. The quantitative estimate of drug-likeness (QED) is 0.598. The summed E-state index contributed by atoms with van der Waals surface area (Å²) in [6.07, 6.45) is 1.79. The van der Waals surface area contributed by atoms with E-state index in [-0.39, 0.29) is 18.3 Å². The molecule has 1 amide bonds. The molecule has 8 heteroatoms. The van der Waals surface area contributed by atoms with Crippen LogP contribution in [-0.4, -0.2) is 51.8 Å². The molecule has 3 aromatic rings. The number of amides is 1. The Balaban J connectivity index is 0.00000261. The zero-order valence-corrected chi connectivity index (χ0v) is 17.8. The fraction of sp³-hybridized carbons (Fsp3) is 0.421. The van der Waals surface area contributed by atoms with E-state index in [0.29, 0.717) is 12.2 Å². The number of aromatic nitrogens is 3. The SMILES string of the molecule is CCN(CC)CCN(C(=O)c1ccn(C)n1)c1nc2ccc(C)cc2s1.Cl. The first-order valence-electron chi connectivity index (χ1n) is 8.92. The van der Waals surface area contributed by atoms with Gasteiger partial charge >= 0.3 is 0 Å². The van der Waals surface area contributed by atoms with E-state index in [9.17, 15) is 4.79 Å². The third kappa shape index (κ3) is 4.86. The third-order valence-electron chi connectivity index (χ3n) is 4.48. The first-order chi connectivity index (χ1) is 12.5. The summed E-state index contributed by atoms with van der Waals surface area (Å²) in [5.74, 6) is -0.103. The summed E-state index contributed by atoms with van der Waals surface area (Å²) in [7, 11) is 1.82. The van der Waals surface area contributed by atoms with Crippen LogP contribution in [0.25, 0.3) is 10.2 Å². The number of carbonyl (C=O) groups is 1. The summed E-state index contributed by atoms with van der Waals surface area (Å²) in [6.45, 7) is 9.65. The second-order valence-electron chi connectivity index (χ2n) is 6.33. The van der Waals surface area contributed by atoms with Crippen molar-refractivity contribution in [2.75, 3.05) is 31.1 Å². The molecule has 27 heavy (non-hydrogen) atoms. The van der Waals surface area contributed by atoms with Crippen LogP contribution in [0.3, 0.4) is 0 Å². The minimum absolute atomic E-state index is 0. The molecule has 0 N–H and O–H groups in total. The summed E-state index contributed by atoms with van der Waals surface area (Å²) in [5.41, 5.74) is 2.57. The van der Waals surface area contributed by atoms with Crippen LogP contribution in [0.5, 0.6) is 0 Å². The Morgan fingerprint density at radius 2 is 1.93 bits per heavy atom. The maximum Gasteiger partial charge on any atom is 0.280 e. The van der Waals surface area contributed by atoms with E-state index in [4.69, 9.17) is 4.98 Å². The molecule has 1 aromatic carbocycles. The molecule has 0 radical (unpaired) electrons. The predicted molar refractivity (Wildman–Crippen MR) is 114 cm³/mol. The number of halogens is 1. The van der Waals surface area contributed by atoms with Gasteiger partial charge in [0.15, 0.2) is 10.8 Å². The predicted octanol–water partition coefficient (Wildman–Crippen LogP) is 3.75. The molecule has 6 nitrogen and oxygen atoms in total. The maximum absolute atomic E-state index is 13.1. The van der Waals surface area contributed by atoms with Gasteiger partial charge in [-0.25, -0.2) is 4.98 Å². The van der Waals surface area contributed by atoms with Gasteiger partial charge in [-0.1, -0.05) is 31.3 Å². The molecular weight excluding hydrogens is 382 g/mol. The van der Waals surface area contributed by atoms with Crippen LogP contribution >= 0.6 is 23.7 Å². The van der Waals surface area contributed by atoms with E-state index in [1.54, 1.807) is 33.2 Å². The van der Waals surface area contributed by atoms with Crippen molar-refractivity contribution in [3.63, 3.8) is 0 Å². The van der Waals surface area contributed by atoms with Crippen LogP contribution in [0.4, 0.5) is 5.13 Å². The van der Waals surface area contributed by atoms with Crippen LogP contribution < -0.4 is 4.90 Å². The number of hydrogen-bond acceptors (Lipinski definition) is 5. The zero-order valence-electron chi connectivity index (χ0n) is 16.2. The lowest BCUT2D eigenvalue weighted by Crippen LogP contribution is -2.39. The van der Waals surface area contributed by atoms with Gasteiger partial charge in [0, 0.05) is 26.3 Å². The van der Waals surface area contributed by atoms with E-state index in [1.165, 1.54) is 5.56 Å². The smallest absolute Gasteiger partial charge is 0.280 e. The highest BCUT2D eigenvalue weighted by Crippen LogP contribution is 2.30. The number of hydrogen-bond donors (Lipinski definition) is 0. The van der Waals surface area contributed by atoms with E-state index < -0.39 is 0 Å². The highest BCUT2D eigenvalue weighted by Gasteiger charge is 2.23. The number of nitrogens with zero attached hydrogens (tertiary/aromatic N) is 5. The monoisotopic (exact) mass is 407 g/mol. The highest BCUT2D eigenvalue weighted by atomic mass is 35.5. The lowest BCUT2D eigenvalue weighted by molar-refractivity contribution is 0.0978. The first kappa shape index (κ1) is 21.3. The molecular formula is C19H26ClN5OS. The van der Waals surface area contributed by atoms with Crippen molar-refractivity contribution >= 4 is 45.0 Å². The normalized spacial score (nSPS) is 11.0. The molecule has 3 rings (SSSR count). The van der Waals surface area contributed by atoms with Crippen molar-refractivity contribution in [3.05, 3.63) is 41.7 Å². The van der Waals surface area contributed by atoms with E-state index in [2.05, 4.69) is 36.8 Å². The van der Waals surface area contributed by atoms with Gasteiger partial charge in [0.05, 0.1) is 10.2 Å². The molecule has 0 saturated heterocycles. The first-order valence-corrected chi connectivity index (χ1v) is 9.74. The Morgan fingerprint density at radius 1 is 1.19 bits per heavy atom. The van der Waals surface area contributed by atoms with Gasteiger partial charge in [-0.3, -0.25) is 14.4 Å². The number of carbonyl (C=O) groups excluding carboxylic acids is 1. The number of anilines is 1. The van der Waals surface area contributed by atoms with E-state index in [1.807, 2.05) is 19.2 Å². The largest absolute Gasteiger partial charge is 0.302 e. The molecule has 2 aromatic heterocycles. The van der Waals surface area contributed by atoms with Crippen LogP contribution in [0.2, 0.25) is 0 Å². The maximum atomic E-state index is 13.1. The fourth-order valence-electron chi connectivity index (χ4n) is 2.87. The molecule has 0 aliphatic carbocycles. The molecule has 0 fully saturated rings. The number of likely N-dealkylation sites (N-methyl/N-ethyl adjacent to an activating group) is 1. The van der Waals surface area contributed by atoms with E-state index in [0.717, 1.165) is 35.0 Å². The van der Waals surface area contributed by atoms with Crippen molar-refractivity contribution in [2.45, 2.75) is 20.8 Å². The van der Waals surface area contributed by atoms with Crippen molar-refractivity contribution in [1.82, 2.24) is 19.7 Å². The van der Waals surface area contributed by atoms with Gasteiger partial charge in [0.2, 0.25) is 0 Å². The number of fused-ring (bicyclic) bond motifs is 1. The lowest BCUT2D eigenvalue weighted by atomic mass is 10.2. The topological polar surface area (TPSA) is 54.3 Å². The van der Waals surface area contributed by atoms with E-state index >= 15 is 0 Å². The van der Waals surface area contributed by atoms with Gasteiger partial charge in [-0.05, 0) is 43.8 Å². The van der Waals surface area contributed by atoms with Crippen LogP contribution in [0.1, 0.15) is 29.9 Å². The zero-order chi connectivity index (χ0) is 18.7. The van der Waals surface area contributed by atoms with Crippen LogP contribution in [0, 0.1) is 6.92 Å². The summed E-state index contributed by atoms with van der Waals surface area (Å²) >= 11 is 1.56. The van der Waals surface area contributed by atoms with Gasteiger partial charge in [-0.2, -0.15) is 5.10 Å². The Bertz CT molecular complexity index is 903. The fourth-order valence-corrected chi connectivity index (χ4v) is 3.96. The molecule has 2 heterocycles. The average molecular weight is 408 g/mol. The van der Waals surface area contributed by atoms with Gasteiger partial charge in [0.25, 0.3) is 5.91 Å². The number of thiazole rings is 1. The molecule has 0 aliphatic rings. The Labute approximate surface area is 170 Å². The Kier molecular flexibility index (Phi) is 7.35. The molecule has 146 valence electrons. The molecule has 0 bridgehead atoms. The summed E-state index contributed by atoms with van der Waals surface area (Å²) < 4.78 is 2.75. The second-order valence-corrected chi connectivity index (χ2v) is 7.34.